The van der Waals surface area contributed by atoms with Gasteiger partial charge in [-0.05, 0) is 56.6 Å². The van der Waals surface area contributed by atoms with Crippen LogP contribution < -0.4 is 5.32 Å². The van der Waals surface area contributed by atoms with Crippen molar-refractivity contribution in [2.45, 2.75) is 58.3 Å². The van der Waals surface area contributed by atoms with Gasteiger partial charge in [-0.25, -0.2) is 0 Å². The molecule has 0 spiro atoms. The number of hydrogen-bond donors (Lipinski definition) is 1. The maximum Gasteiger partial charge on any atom is 0.0271 e. The molecule has 2 rings (SSSR count). The van der Waals surface area contributed by atoms with Gasteiger partial charge in [0.2, 0.25) is 0 Å². The molecular weight excluding hydrogens is 232 g/mol. The highest BCUT2D eigenvalue weighted by Gasteiger charge is 2.23. The zero-order valence-electron chi connectivity index (χ0n) is 12.5. The van der Waals surface area contributed by atoms with Crippen LogP contribution in [0.2, 0.25) is 0 Å². The van der Waals surface area contributed by atoms with E-state index in [2.05, 4.69) is 29.9 Å². The van der Waals surface area contributed by atoms with Gasteiger partial charge in [0.05, 0.1) is 0 Å². The van der Waals surface area contributed by atoms with E-state index in [1.807, 2.05) is 6.20 Å². The summed E-state index contributed by atoms with van der Waals surface area (Å²) in [6.45, 7) is 8.55. The van der Waals surface area contributed by atoms with E-state index < -0.39 is 0 Å². The summed E-state index contributed by atoms with van der Waals surface area (Å²) >= 11 is 0. The molecule has 108 valence electrons. The normalized spacial score (nSPS) is 19.3. The minimum atomic E-state index is 0.912. The Bertz CT molecular complexity index is 300. The van der Waals surface area contributed by atoms with E-state index in [1.54, 1.807) is 0 Å². The number of allylic oxidation sites excluding steroid dienone is 1. The molecule has 2 fully saturated rings. The second-order valence-electron chi connectivity index (χ2n) is 6.26. The SMILES string of the molecule is C=CN(/C=C(/CCCCC)NCC1CC1)CC1CC1. The second-order valence-corrected chi connectivity index (χ2v) is 6.26. The molecule has 0 aromatic heterocycles. The molecule has 0 saturated heterocycles. The Morgan fingerprint density at radius 3 is 2.53 bits per heavy atom. The molecule has 0 aromatic rings. The summed E-state index contributed by atoms with van der Waals surface area (Å²) in [4.78, 5) is 2.29. The summed E-state index contributed by atoms with van der Waals surface area (Å²) < 4.78 is 0. The van der Waals surface area contributed by atoms with E-state index in [4.69, 9.17) is 0 Å². The third-order valence-corrected chi connectivity index (χ3v) is 4.09. The molecule has 19 heavy (non-hydrogen) atoms. The lowest BCUT2D eigenvalue weighted by atomic mass is 10.1. The quantitative estimate of drug-likeness (QED) is 0.560. The molecule has 1 N–H and O–H groups in total. The molecule has 0 aromatic carbocycles. The van der Waals surface area contributed by atoms with Crippen molar-refractivity contribution in [1.82, 2.24) is 10.2 Å². The molecule has 2 aliphatic rings. The Morgan fingerprint density at radius 2 is 1.95 bits per heavy atom. The first-order chi connectivity index (χ1) is 9.31. The fraction of sp³-hybridized carbons (Fsp3) is 0.765. The van der Waals surface area contributed by atoms with Crippen LogP contribution in [-0.4, -0.2) is 18.0 Å². The zero-order valence-corrected chi connectivity index (χ0v) is 12.5. The van der Waals surface area contributed by atoms with Gasteiger partial charge in [0, 0.05) is 25.0 Å². The van der Waals surface area contributed by atoms with Gasteiger partial charge < -0.3 is 10.2 Å². The third kappa shape index (κ3) is 6.17. The van der Waals surface area contributed by atoms with Crippen molar-refractivity contribution in [3.8, 4) is 0 Å². The van der Waals surface area contributed by atoms with Crippen molar-refractivity contribution in [1.29, 1.82) is 0 Å². The molecule has 0 unspecified atom stereocenters. The van der Waals surface area contributed by atoms with Crippen LogP contribution in [0.25, 0.3) is 0 Å². The fourth-order valence-corrected chi connectivity index (χ4v) is 2.34. The van der Waals surface area contributed by atoms with Gasteiger partial charge in [0.25, 0.3) is 0 Å². The van der Waals surface area contributed by atoms with Crippen molar-refractivity contribution in [3.05, 3.63) is 24.7 Å². The van der Waals surface area contributed by atoms with E-state index >= 15 is 0 Å². The van der Waals surface area contributed by atoms with Crippen LogP contribution in [0.4, 0.5) is 0 Å². The Kier molecular flexibility index (Phi) is 5.81. The van der Waals surface area contributed by atoms with Crippen molar-refractivity contribution < 1.29 is 0 Å². The van der Waals surface area contributed by atoms with E-state index in [9.17, 15) is 0 Å². The lowest BCUT2D eigenvalue weighted by Gasteiger charge is -2.19. The van der Waals surface area contributed by atoms with Gasteiger partial charge in [-0.15, -0.1) is 0 Å². The predicted molar refractivity (Wildman–Crippen MR) is 82.6 cm³/mol. The van der Waals surface area contributed by atoms with Crippen LogP contribution in [0.3, 0.4) is 0 Å². The van der Waals surface area contributed by atoms with E-state index in [-0.39, 0.29) is 0 Å². The van der Waals surface area contributed by atoms with Crippen molar-refractivity contribution in [2.24, 2.45) is 11.8 Å². The number of nitrogens with zero attached hydrogens (tertiary/aromatic N) is 1. The third-order valence-electron chi connectivity index (χ3n) is 4.09. The van der Waals surface area contributed by atoms with E-state index in [1.165, 1.54) is 63.6 Å². The van der Waals surface area contributed by atoms with Gasteiger partial charge in [0.1, 0.15) is 0 Å². The summed E-state index contributed by atoms with van der Waals surface area (Å²) in [6.07, 6.45) is 15.1. The zero-order chi connectivity index (χ0) is 13.5. The van der Waals surface area contributed by atoms with Gasteiger partial charge >= 0.3 is 0 Å². The van der Waals surface area contributed by atoms with Crippen molar-refractivity contribution >= 4 is 0 Å². The molecular formula is C17H30N2. The summed E-state index contributed by atoms with van der Waals surface area (Å²) in [5, 5.41) is 3.67. The van der Waals surface area contributed by atoms with Crippen LogP contribution in [0.15, 0.2) is 24.7 Å². The van der Waals surface area contributed by atoms with Crippen LogP contribution in [0.1, 0.15) is 58.3 Å². The monoisotopic (exact) mass is 262 g/mol. The first-order valence-electron chi connectivity index (χ1n) is 8.14. The Labute approximate surface area is 118 Å². The molecule has 0 amide bonds. The Balaban J connectivity index is 1.81. The van der Waals surface area contributed by atoms with Gasteiger partial charge in [-0.2, -0.15) is 0 Å². The number of nitrogens with one attached hydrogen (secondary N) is 1. The first kappa shape index (κ1) is 14.5. The van der Waals surface area contributed by atoms with Gasteiger partial charge in [0.15, 0.2) is 0 Å². The van der Waals surface area contributed by atoms with E-state index in [0.29, 0.717) is 0 Å². The molecule has 0 heterocycles. The summed E-state index contributed by atoms with van der Waals surface area (Å²) in [5.74, 6) is 1.85. The number of rotatable bonds is 11. The second kappa shape index (κ2) is 7.62. The Hall–Kier alpha value is -0.920. The van der Waals surface area contributed by atoms with Gasteiger partial charge in [-0.3, -0.25) is 0 Å². The van der Waals surface area contributed by atoms with Crippen molar-refractivity contribution in [2.75, 3.05) is 13.1 Å². The standard InChI is InChI=1S/C17H30N2/c1-3-5-6-7-17(18-12-15-8-9-15)14-19(4-2)13-16-10-11-16/h4,14-16,18H,2-3,5-13H2,1H3/b17-14-. The highest BCUT2D eigenvalue weighted by Crippen LogP contribution is 2.30. The minimum absolute atomic E-state index is 0.912. The molecule has 2 saturated carbocycles. The first-order valence-corrected chi connectivity index (χ1v) is 8.14. The highest BCUT2D eigenvalue weighted by atomic mass is 15.1. The molecule has 0 atom stereocenters. The number of unbranched alkanes of at least 4 members (excludes halogenated alkanes) is 2. The fourth-order valence-electron chi connectivity index (χ4n) is 2.34. The van der Waals surface area contributed by atoms with Crippen LogP contribution >= 0.6 is 0 Å². The topological polar surface area (TPSA) is 15.3 Å². The lowest BCUT2D eigenvalue weighted by molar-refractivity contribution is 0.464. The van der Waals surface area contributed by atoms with Crippen molar-refractivity contribution in [3.63, 3.8) is 0 Å². The number of hydrogen-bond acceptors (Lipinski definition) is 2. The van der Waals surface area contributed by atoms with Gasteiger partial charge in [-0.1, -0.05) is 26.3 Å². The minimum Gasteiger partial charge on any atom is -0.387 e. The molecule has 2 heteroatoms. The molecule has 0 radical (unpaired) electrons. The highest BCUT2D eigenvalue weighted by molar-refractivity contribution is 5.03. The largest absolute Gasteiger partial charge is 0.387 e. The van der Waals surface area contributed by atoms with Crippen LogP contribution in [0, 0.1) is 11.8 Å². The summed E-state index contributed by atoms with van der Waals surface area (Å²) in [7, 11) is 0. The maximum atomic E-state index is 3.95. The average Bonchev–Trinajstić information content (AvgIpc) is 3.28. The maximum absolute atomic E-state index is 3.95. The summed E-state index contributed by atoms with van der Waals surface area (Å²) in [5.41, 5.74) is 1.42. The predicted octanol–water partition coefficient (Wildman–Crippen LogP) is 4.26. The molecule has 0 bridgehead atoms. The average molecular weight is 262 g/mol. The molecule has 0 aliphatic heterocycles. The van der Waals surface area contributed by atoms with E-state index in [0.717, 1.165) is 18.4 Å². The molecule has 2 nitrogen and oxygen atoms in total. The Morgan fingerprint density at radius 1 is 1.21 bits per heavy atom. The summed E-state index contributed by atoms with van der Waals surface area (Å²) in [6, 6.07) is 0. The molecule has 2 aliphatic carbocycles. The van der Waals surface area contributed by atoms with Crippen LogP contribution in [0.5, 0.6) is 0 Å². The lowest BCUT2D eigenvalue weighted by Crippen LogP contribution is -2.21. The smallest absolute Gasteiger partial charge is 0.0271 e. The van der Waals surface area contributed by atoms with Crippen LogP contribution in [-0.2, 0) is 0 Å².